The van der Waals surface area contributed by atoms with Crippen molar-refractivity contribution in [3.63, 3.8) is 0 Å². The molecule has 0 bridgehead atoms. The summed E-state index contributed by atoms with van der Waals surface area (Å²) in [4.78, 5) is 0. The van der Waals surface area contributed by atoms with Crippen LogP contribution in [0.1, 0.15) is 51.9 Å². The van der Waals surface area contributed by atoms with Crippen LogP contribution >= 0.6 is 0 Å². The van der Waals surface area contributed by atoms with Gasteiger partial charge in [0.1, 0.15) is 0 Å². The van der Waals surface area contributed by atoms with E-state index in [4.69, 9.17) is 5.11 Å². The zero-order chi connectivity index (χ0) is 11.6. The van der Waals surface area contributed by atoms with Crippen molar-refractivity contribution in [1.82, 2.24) is 0 Å². The summed E-state index contributed by atoms with van der Waals surface area (Å²) in [6.45, 7) is 1.93. The Labute approximate surface area is 93.8 Å². The molecule has 92 valence electrons. The number of rotatable bonds is 10. The molecule has 0 aromatic rings. The van der Waals surface area contributed by atoms with E-state index >= 15 is 0 Å². The van der Waals surface area contributed by atoms with Crippen LogP contribution in [0.25, 0.3) is 0 Å². The summed E-state index contributed by atoms with van der Waals surface area (Å²) < 4.78 is 22.4. The van der Waals surface area contributed by atoms with Crippen LogP contribution < -0.4 is 0 Å². The van der Waals surface area contributed by atoms with Crippen LogP contribution in [0.3, 0.4) is 0 Å². The lowest BCUT2D eigenvalue weighted by atomic mass is 10.1. The average molecular weight is 236 g/mol. The summed E-state index contributed by atoms with van der Waals surface area (Å²) >= 11 is 0. The van der Waals surface area contributed by atoms with Gasteiger partial charge in [-0.05, 0) is 6.42 Å². The summed E-state index contributed by atoms with van der Waals surface area (Å²) in [5.41, 5.74) is 0. The van der Waals surface area contributed by atoms with Gasteiger partial charge in [0.05, 0.1) is 18.1 Å². The van der Waals surface area contributed by atoms with Crippen molar-refractivity contribution < 1.29 is 13.5 Å². The van der Waals surface area contributed by atoms with Crippen molar-refractivity contribution in [2.24, 2.45) is 0 Å². The molecule has 0 unspecified atom stereocenters. The van der Waals surface area contributed by atoms with E-state index in [1.165, 1.54) is 25.7 Å². The maximum Gasteiger partial charge on any atom is 0.152 e. The molecule has 1 N–H and O–H groups in total. The second-order valence-electron chi connectivity index (χ2n) is 4.00. The van der Waals surface area contributed by atoms with Gasteiger partial charge in [0, 0.05) is 0 Å². The molecule has 0 saturated carbocycles. The summed E-state index contributed by atoms with van der Waals surface area (Å²) in [5.74, 6) is 0.157. The first-order valence-electron chi connectivity index (χ1n) is 5.93. The maximum atomic E-state index is 11.2. The third-order valence-corrected chi connectivity index (χ3v) is 4.18. The molecule has 0 atom stereocenters. The molecule has 4 heteroatoms. The fraction of sp³-hybridized carbons (Fsp3) is 1.00. The molecule has 0 spiro atoms. The molecule has 0 aliphatic rings. The third-order valence-electron chi connectivity index (χ3n) is 2.46. The Morgan fingerprint density at radius 1 is 0.867 bits per heavy atom. The molecule has 0 aliphatic heterocycles. The van der Waals surface area contributed by atoms with Gasteiger partial charge in [-0.15, -0.1) is 0 Å². The van der Waals surface area contributed by atoms with E-state index in [0.29, 0.717) is 0 Å². The Balaban J connectivity index is 3.31. The number of hydrogen-bond acceptors (Lipinski definition) is 3. The first-order chi connectivity index (χ1) is 7.12. The average Bonchev–Trinajstić information content (AvgIpc) is 2.16. The molecule has 0 fully saturated rings. The predicted octanol–water partition coefficient (Wildman–Crippen LogP) is 2.14. The molecule has 0 aliphatic carbocycles. The van der Waals surface area contributed by atoms with E-state index in [0.717, 1.165) is 19.3 Å². The van der Waals surface area contributed by atoms with Crippen molar-refractivity contribution in [3.8, 4) is 0 Å². The fourth-order valence-electron chi connectivity index (χ4n) is 1.52. The van der Waals surface area contributed by atoms with Gasteiger partial charge in [0.15, 0.2) is 9.84 Å². The molecular formula is C11H24O3S. The van der Waals surface area contributed by atoms with E-state index in [2.05, 4.69) is 6.92 Å². The summed E-state index contributed by atoms with van der Waals surface area (Å²) in [6, 6.07) is 0. The summed E-state index contributed by atoms with van der Waals surface area (Å²) in [6.07, 6.45) is 7.87. The molecule has 0 aromatic carbocycles. The topological polar surface area (TPSA) is 54.4 Å². The van der Waals surface area contributed by atoms with Gasteiger partial charge < -0.3 is 5.11 Å². The molecule has 0 heterocycles. The molecule has 0 amide bonds. The van der Waals surface area contributed by atoms with Gasteiger partial charge in [-0.25, -0.2) is 8.42 Å². The Morgan fingerprint density at radius 2 is 1.40 bits per heavy atom. The minimum atomic E-state index is -2.98. The SMILES string of the molecule is CCCCCCCCCS(=O)(=O)CCO. The van der Waals surface area contributed by atoms with Gasteiger partial charge in [-0.3, -0.25) is 0 Å². The van der Waals surface area contributed by atoms with Crippen LogP contribution in [0.15, 0.2) is 0 Å². The van der Waals surface area contributed by atoms with Crippen LogP contribution in [0.2, 0.25) is 0 Å². The molecule has 3 nitrogen and oxygen atoms in total. The Hall–Kier alpha value is -0.0900. The zero-order valence-electron chi connectivity index (χ0n) is 9.74. The second kappa shape index (κ2) is 9.16. The molecular weight excluding hydrogens is 212 g/mol. The van der Waals surface area contributed by atoms with Crippen LogP contribution in [-0.2, 0) is 9.84 Å². The standard InChI is InChI=1S/C11H24O3S/c1-2-3-4-5-6-7-8-10-15(13,14)11-9-12/h12H,2-11H2,1H3. The van der Waals surface area contributed by atoms with E-state index in [9.17, 15) is 8.42 Å². The van der Waals surface area contributed by atoms with Crippen LogP contribution in [0, 0.1) is 0 Å². The highest BCUT2D eigenvalue weighted by atomic mass is 32.2. The molecule has 15 heavy (non-hydrogen) atoms. The first-order valence-corrected chi connectivity index (χ1v) is 7.76. The minimum absolute atomic E-state index is 0.0805. The van der Waals surface area contributed by atoms with Crippen LogP contribution in [0.5, 0.6) is 0 Å². The van der Waals surface area contributed by atoms with Crippen molar-refractivity contribution in [2.45, 2.75) is 51.9 Å². The number of sulfone groups is 1. The fourth-order valence-corrected chi connectivity index (χ4v) is 2.65. The first kappa shape index (κ1) is 14.9. The summed E-state index contributed by atoms with van der Waals surface area (Å²) in [5, 5.41) is 8.52. The highest BCUT2D eigenvalue weighted by Gasteiger charge is 2.08. The minimum Gasteiger partial charge on any atom is -0.395 e. The Kier molecular flexibility index (Phi) is 9.10. The third kappa shape index (κ3) is 10.2. The highest BCUT2D eigenvalue weighted by molar-refractivity contribution is 7.91. The lowest BCUT2D eigenvalue weighted by Crippen LogP contribution is -2.13. The second-order valence-corrected chi connectivity index (χ2v) is 6.30. The van der Waals surface area contributed by atoms with Crippen LogP contribution in [0.4, 0.5) is 0 Å². The molecule has 0 rings (SSSR count). The number of aliphatic hydroxyl groups excluding tert-OH is 1. The van der Waals surface area contributed by atoms with Crippen molar-refractivity contribution in [1.29, 1.82) is 0 Å². The smallest absolute Gasteiger partial charge is 0.152 e. The van der Waals surface area contributed by atoms with Gasteiger partial charge in [-0.2, -0.15) is 0 Å². The van der Waals surface area contributed by atoms with Gasteiger partial charge >= 0.3 is 0 Å². The number of hydrogen-bond donors (Lipinski definition) is 1. The van der Waals surface area contributed by atoms with Crippen molar-refractivity contribution in [3.05, 3.63) is 0 Å². The monoisotopic (exact) mass is 236 g/mol. The number of unbranched alkanes of at least 4 members (excludes halogenated alkanes) is 6. The van der Waals surface area contributed by atoms with Crippen molar-refractivity contribution in [2.75, 3.05) is 18.1 Å². The lowest BCUT2D eigenvalue weighted by molar-refractivity contribution is 0.319. The van der Waals surface area contributed by atoms with Crippen LogP contribution in [-0.4, -0.2) is 31.6 Å². The largest absolute Gasteiger partial charge is 0.395 e. The van der Waals surface area contributed by atoms with Gasteiger partial charge in [0.25, 0.3) is 0 Å². The van der Waals surface area contributed by atoms with E-state index in [1.807, 2.05) is 0 Å². The molecule has 0 saturated heterocycles. The molecule has 0 aromatic heterocycles. The van der Waals surface area contributed by atoms with Gasteiger partial charge in [0.2, 0.25) is 0 Å². The summed E-state index contributed by atoms with van der Waals surface area (Å²) in [7, 11) is -2.98. The quantitative estimate of drug-likeness (QED) is 0.591. The lowest BCUT2D eigenvalue weighted by Gasteiger charge is -2.02. The zero-order valence-corrected chi connectivity index (χ0v) is 10.6. The highest BCUT2D eigenvalue weighted by Crippen LogP contribution is 2.07. The van der Waals surface area contributed by atoms with E-state index < -0.39 is 9.84 Å². The van der Waals surface area contributed by atoms with Crippen molar-refractivity contribution >= 4 is 9.84 Å². The molecule has 0 radical (unpaired) electrons. The normalized spacial score (nSPS) is 11.9. The maximum absolute atomic E-state index is 11.2. The van der Waals surface area contributed by atoms with E-state index in [1.54, 1.807) is 0 Å². The Morgan fingerprint density at radius 3 is 1.93 bits per heavy atom. The number of aliphatic hydroxyl groups is 1. The van der Waals surface area contributed by atoms with Gasteiger partial charge in [-0.1, -0.05) is 45.4 Å². The Bertz CT molecular complexity index is 222. The predicted molar refractivity (Wildman–Crippen MR) is 63.7 cm³/mol. The van der Waals surface area contributed by atoms with E-state index in [-0.39, 0.29) is 18.1 Å².